The molecule has 2 heterocycles. The predicted molar refractivity (Wildman–Crippen MR) is 109 cm³/mol. The van der Waals surface area contributed by atoms with Gasteiger partial charge in [0, 0.05) is 29.8 Å². The largest absolute Gasteiger partial charge is 0.454 e. The van der Waals surface area contributed by atoms with Crippen molar-refractivity contribution in [2.24, 2.45) is 5.73 Å². The van der Waals surface area contributed by atoms with Crippen LogP contribution in [0.4, 0.5) is 0 Å². The smallest absolute Gasteiger partial charge is 0.231 e. The summed E-state index contributed by atoms with van der Waals surface area (Å²) in [6, 6.07) is 7.97. The van der Waals surface area contributed by atoms with Crippen LogP contribution in [0.15, 0.2) is 24.3 Å². The van der Waals surface area contributed by atoms with Crippen LogP contribution in [0.1, 0.15) is 31.9 Å². The number of hydrogen-bond acceptors (Lipinski definition) is 7. The lowest BCUT2D eigenvalue weighted by Gasteiger charge is -2.23. The van der Waals surface area contributed by atoms with Gasteiger partial charge >= 0.3 is 0 Å². The van der Waals surface area contributed by atoms with Gasteiger partial charge in [-0.15, -0.1) is 0 Å². The molecule has 1 atom stereocenters. The Morgan fingerprint density at radius 2 is 1.76 bits per heavy atom. The second-order valence-corrected chi connectivity index (χ2v) is 8.50. The van der Waals surface area contributed by atoms with Crippen molar-refractivity contribution >= 4 is 0 Å². The number of nitrogens with zero attached hydrogens (tertiary/aromatic N) is 1. The van der Waals surface area contributed by atoms with Crippen LogP contribution >= 0.6 is 0 Å². The molecule has 7 nitrogen and oxygen atoms in total. The monoisotopic (exact) mass is 400 g/mol. The van der Waals surface area contributed by atoms with Gasteiger partial charge in [-0.1, -0.05) is 6.07 Å². The summed E-state index contributed by atoms with van der Waals surface area (Å²) in [7, 11) is 1.65. The molecule has 156 valence electrons. The highest BCUT2D eigenvalue weighted by Gasteiger charge is 2.30. The van der Waals surface area contributed by atoms with Crippen molar-refractivity contribution in [2.45, 2.75) is 45.2 Å². The fraction of sp³-hybridized carbons (Fsp3) is 0.455. The Hall–Kier alpha value is -2.48. The Kier molecular flexibility index (Phi) is 5.06. The Morgan fingerprint density at radius 1 is 1.07 bits per heavy atom. The summed E-state index contributed by atoms with van der Waals surface area (Å²) in [4.78, 5) is 0. The molecule has 2 aromatic rings. The third kappa shape index (κ3) is 3.99. The minimum Gasteiger partial charge on any atom is -0.454 e. The highest BCUT2D eigenvalue weighted by molar-refractivity contribution is 5.84. The van der Waals surface area contributed by atoms with E-state index in [2.05, 4.69) is 6.07 Å². The standard InChI is InChI=1S/C22H28N2O5/c1-13(24(4)25)7-14-8-16(20-18(9-14)27-12-28-20)19-15(10-22(2,3)23)5-6-17-21(19)29-11-26-17/h5-6,8-9,13,25H,7,10-12,23H2,1-4H3. The number of fused-ring (bicyclic) bond motifs is 2. The minimum absolute atomic E-state index is 0.0493. The van der Waals surface area contributed by atoms with E-state index in [1.165, 1.54) is 5.06 Å². The van der Waals surface area contributed by atoms with E-state index in [1.54, 1.807) is 7.05 Å². The lowest BCUT2D eigenvalue weighted by atomic mass is 9.88. The third-order valence-electron chi connectivity index (χ3n) is 5.24. The molecule has 2 aromatic carbocycles. The molecule has 2 aliphatic heterocycles. The van der Waals surface area contributed by atoms with Gasteiger partial charge in [-0.25, -0.2) is 0 Å². The summed E-state index contributed by atoms with van der Waals surface area (Å²) >= 11 is 0. The van der Waals surface area contributed by atoms with E-state index in [-0.39, 0.29) is 19.6 Å². The lowest BCUT2D eigenvalue weighted by molar-refractivity contribution is -0.0963. The third-order valence-corrected chi connectivity index (χ3v) is 5.24. The summed E-state index contributed by atoms with van der Waals surface area (Å²) in [5.41, 5.74) is 9.86. The highest BCUT2D eigenvalue weighted by atomic mass is 16.7. The van der Waals surface area contributed by atoms with Crippen LogP contribution in [0.3, 0.4) is 0 Å². The van der Waals surface area contributed by atoms with Crippen LogP contribution < -0.4 is 24.7 Å². The molecule has 0 fully saturated rings. The number of likely N-dealkylation sites (N-methyl/N-ethyl adjacent to an activating group) is 1. The van der Waals surface area contributed by atoms with Gasteiger partial charge in [0.2, 0.25) is 13.6 Å². The number of benzene rings is 2. The van der Waals surface area contributed by atoms with Crippen LogP contribution in [0, 0.1) is 0 Å². The maximum absolute atomic E-state index is 9.79. The molecule has 7 heteroatoms. The first-order valence-electron chi connectivity index (χ1n) is 9.78. The maximum atomic E-state index is 9.79. The second kappa shape index (κ2) is 7.40. The first-order chi connectivity index (χ1) is 13.7. The predicted octanol–water partition coefficient (Wildman–Crippen LogP) is 3.34. The van der Waals surface area contributed by atoms with Gasteiger partial charge in [0.1, 0.15) is 0 Å². The molecule has 0 saturated carbocycles. The highest BCUT2D eigenvalue weighted by Crippen LogP contribution is 2.51. The molecule has 0 bridgehead atoms. The topological polar surface area (TPSA) is 86.4 Å². The van der Waals surface area contributed by atoms with E-state index < -0.39 is 5.54 Å². The molecule has 0 spiro atoms. The van der Waals surface area contributed by atoms with Crippen molar-refractivity contribution in [1.29, 1.82) is 0 Å². The Labute approximate surface area is 170 Å². The molecule has 29 heavy (non-hydrogen) atoms. The van der Waals surface area contributed by atoms with E-state index in [0.29, 0.717) is 35.8 Å². The van der Waals surface area contributed by atoms with Crippen LogP contribution in [0.25, 0.3) is 11.1 Å². The zero-order valence-electron chi connectivity index (χ0n) is 17.3. The van der Waals surface area contributed by atoms with Crippen LogP contribution in [0.2, 0.25) is 0 Å². The Bertz CT molecular complexity index is 920. The number of hydrogen-bond donors (Lipinski definition) is 2. The summed E-state index contributed by atoms with van der Waals surface area (Å²) in [6.07, 6.45) is 1.31. The van der Waals surface area contributed by atoms with Gasteiger partial charge in [0.15, 0.2) is 23.0 Å². The van der Waals surface area contributed by atoms with Crippen LogP contribution in [0.5, 0.6) is 23.0 Å². The zero-order chi connectivity index (χ0) is 20.8. The molecule has 0 radical (unpaired) electrons. The van der Waals surface area contributed by atoms with Gasteiger partial charge in [0.05, 0.1) is 0 Å². The first kappa shape index (κ1) is 19.8. The molecule has 3 N–H and O–H groups in total. The summed E-state index contributed by atoms with van der Waals surface area (Å²) in [5, 5.41) is 11.0. The van der Waals surface area contributed by atoms with Gasteiger partial charge in [-0.3, -0.25) is 0 Å². The van der Waals surface area contributed by atoms with Crippen LogP contribution in [-0.4, -0.2) is 42.5 Å². The fourth-order valence-electron chi connectivity index (χ4n) is 3.79. The molecule has 0 aromatic heterocycles. The van der Waals surface area contributed by atoms with E-state index in [0.717, 1.165) is 22.3 Å². The van der Waals surface area contributed by atoms with Crippen LogP contribution in [-0.2, 0) is 12.8 Å². The molecule has 0 amide bonds. The SMILES string of the molecule is CC(Cc1cc2c(c(-c3c(CC(C)(C)N)ccc4c3OCO4)c1)OCO2)N(C)O. The zero-order valence-corrected chi connectivity index (χ0v) is 17.3. The normalized spacial score (nSPS) is 15.8. The van der Waals surface area contributed by atoms with Gasteiger partial charge in [-0.2, -0.15) is 5.06 Å². The first-order valence-corrected chi connectivity index (χ1v) is 9.78. The van der Waals surface area contributed by atoms with E-state index in [9.17, 15) is 5.21 Å². The minimum atomic E-state index is -0.394. The molecule has 1 unspecified atom stereocenters. The molecule has 0 saturated heterocycles. The van der Waals surface area contributed by atoms with E-state index in [4.69, 9.17) is 24.7 Å². The average molecular weight is 400 g/mol. The number of nitrogens with two attached hydrogens (primary N) is 1. The van der Waals surface area contributed by atoms with E-state index >= 15 is 0 Å². The molecule has 0 aliphatic carbocycles. The second-order valence-electron chi connectivity index (χ2n) is 8.50. The lowest BCUT2D eigenvalue weighted by Crippen LogP contribution is -2.34. The molecule has 4 rings (SSSR count). The number of rotatable bonds is 6. The Balaban J connectivity index is 1.88. The van der Waals surface area contributed by atoms with E-state index in [1.807, 2.05) is 39.0 Å². The van der Waals surface area contributed by atoms with Gasteiger partial charge in [-0.05, 0) is 62.9 Å². The molecular weight excluding hydrogens is 372 g/mol. The van der Waals surface area contributed by atoms with Crippen molar-refractivity contribution in [3.63, 3.8) is 0 Å². The number of ether oxygens (including phenoxy) is 4. The van der Waals surface area contributed by atoms with Crippen molar-refractivity contribution in [2.75, 3.05) is 20.6 Å². The van der Waals surface area contributed by atoms with Gasteiger partial charge in [0.25, 0.3) is 0 Å². The average Bonchev–Trinajstić information content (AvgIpc) is 3.28. The summed E-state index contributed by atoms with van der Waals surface area (Å²) in [5.74, 6) is 2.80. The van der Waals surface area contributed by atoms with Gasteiger partial charge < -0.3 is 29.9 Å². The fourth-order valence-corrected chi connectivity index (χ4v) is 3.79. The Morgan fingerprint density at radius 3 is 2.45 bits per heavy atom. The molecular formula is C22H28N2O5. The van der Waals surface area contributed by atoms with Crippen molar-refractivity contribution in [1.82, 2.24) is 5.06 Å². The number of hydroxylamine groups is 2. The van der Waals surface area contributed by atoms with Crippen molar-refractivity contribution < 1.29 is 24.2 Å². The summed E-state index contributed by atoms with van der Waals surface area (Å²) in [6.45, 7) is 6.32. The quantitative estimate of drug-likeness (QED) is 0.719. The maximum Gasteiger partial charge on any atom is 0.231 e. The van der Waals surface area contributed by atoms with Crippen molar-refractivity contribution in [3.05, 3.63) is 35.4 Å². The van der Waals surface area contributed by atoms with Crippen molar-refractivity contribution in [3.8, 4) is 34.1 Å². The summed E-state index contributed by atoms with van der Waals surface area (Å²) < 4.78 is 23.0. The molecule has 2 aliphatic rings.